The average Bonchev–Trinajstić information content (AvgIpc) is 2.96. The van der Waals surface area contributed by atoms with Crippen LogP contribution in [0.3, 0.4) is 0 Å². The van der Waals surface area contributed by atoms with Crippen molar-refractivity contribution in [3.63, 3.8) is 0 Å². The molecule has 7 nitrogen and oxygen atoms in total. The topological polar surface area (TPSA) is 72.3 Å². The van der Waals surface area contributed by atoms with Gasteiger partial charge in [0.15, 0.2) is 0 Å². The lowest BCUT2D eigenvalue weighted by molar-refractivity contribution is -0.121. The maximum absolute atomic E-state index is 11.2. The highest BCUT2D eigenvalue weighted by Crippen LogP contribution is 2.22. The summed E-state index contributed by atoms with van der Waals surface area (Å²) in [5.41, 5.74) is 2.97. The Bertz CT molecular complexity index is 668. The number of piperazine rings is 1. The third-order valence-corrected chi connectivity index (χ3v) is 4.25. The first-order valence-electron chi connectivity index (χ1n) is 7.67. The zero-order chi connectivity index (χ0) is 16.2. The lowest BCUT2D eigenvalue weighted by atomic mass is 10.1. The van der Waals surface area contributed by atoms with Gasteiger partial charge in [-0.3, -0.25) is 4.79 Å². The Morgan fingerprint density at radius 2 is 2.17 bits per heavy atom. The van der Waals surface area contributed by atoms with E-state index in [2.05, 4.69) is 15.6 Å². The highest BCUT2D eigenvalue weighted by molar-refractivity contribution is 5.49. The van der Waals surface area contributed by atoms with E-state index < -0.39 is 0 Å². The summed E-state index contributed by atoms with van der Waals surface area (Å²) in [7, 11) is 1.65. The van der Waals surface area contributed by atoms with Crippen LogP contribution in [0.15, 0.2) is 24.3 Å². The van der Waals surface area contributed by atoms with Gasteiger partial charge in [-0.15, -0.1) is 5.10 Å². The Hall–Kier alpha value is -2.41. The van der Waals surface area contributed by atoms with Crippen LogP contribution in [0.25, 0.3) is 0 Å². The molecule has 1 N–H and O–H groups in total. The number of ether oxygens (including phenoxy) is 1. The Labute approximate surface area is 135 Å². The number of aromatic nitrogens is 3. The van der Waals surface area contributed by atoms with Gasteiger partial charge in [0.05, 0.1) is 25.4 Å². The molecule has 23 heavy (non-hydrogen) atoms. The van der Waals surface area contributed by atoms with E-state index >= 15 is 0 Å². The SMILES string of the molecule is COc1ccc(Cn2nnc(C3CNCCN3C=O)c2C)cc1. The van der Waals surface area contributed by atoms with Crippen molar-refractivity contribution in [2.75, 3.05) is 26.7 Å². The predicted molar refractivity (Wildman–Crippen MR) is 85.2 cm³/mol. The molecule has 2 heterocycles. The molecule has 1 atom stereocenters. The van der Waals surface area contributed by atoms with Gasteiger partial charge >= 0.3 is 0 Å². The minimum Gasteiger partial charge on any atom is -0.497 e. The lowest BCUT2D eigenvalue weighted by Gasteiger charge is -2.32. The van der Waals surface area contributed by atoms with E-state index in [1.54, 1.807) is 12.0 Å². The highest BCUT2D eigenvalue weighted by atomic mass is 16.5. The maximum atomic E-state index is 11.2. The van der Waals surface area contributed by atoms with Crippen LogP contribution in [-0.2, 0) is 11.3 Å². The van der Waals surface area contributed by atoms with Gasteiger partial charge in [0.1, 0.15) is 11.4 Å². The number of carbonyl (C=O) groups is 1. The van der Waals surface area contributed by atoms with E-state index in [0.717, 1.165) is 35.7 Å². The van der Waals surface area contributed by atoms with Crippen molar-refractivity contribution in [1.82, 2.24) is 25.2 Å². The smallest absolute Gasteiger partial charge is 0.210 e. The van der Waals surface area contributed by atoms with Crippen LogP contribution in [0.2, 0.25) is 0 Å². The standard InChI is InChI=1S/C16H21N5O2/c1-12-16(15-9-17-7-8-20(15)11-22)18-19-21(12)10-13-3-5-14(23-2)6-4-13/h3-6,11,15,17H,7-10H2,1-2H3. The van der Waals surface area contributed by atoms with E-state index in [1.807, 2.05) is 35.9 Å². The van der Waals surface area contributed by atoms with Gasteiger partial charge < -0.3 is 15.0 Å². The number of rotatable bonds is 5. The number of hydrogen-bond acceptors (Lipinski definition) is 5. The number of benzene rings is 1. The number of hydrogen-bond donors (Lipinski definition) is 1. The average molecular weight is 315 g/mol. The second-order valence-electron chi connectivity index (χ2n) is 5.63. The Kier molecular flexibility index (Phi) is 4.57. The van der Waals surface area contributed by atoms with Crippen molar-refractivity contribution in [3.05, 3.63) is 41.2 Å². The molecule has 0 aliphatic carbocycles. The lowest BCUT2D eigenvalue weighted by Crippen LogP contribution is -2.45. The van der Waals surface area contributed by atoms with Crippen LogP contribution in [0.4, 0.5) is 0 Å². The fourth-order valence-corrected chi connectivity index (χ4v) is 2.84. The number of amides is 1. The third kappa shape index (κ3) is 3.19. The van der Waals surface area contributed by atoms with E-state index in [1.165, 1.54) is 0 Å². The van der Waals surface area contributed by atoms with Crippen LogP contribution in [0.1, 0.15) is 23.0 Å². The van der Waals surface area contributed by atoms with E-state index in [9.17, 15) is 4.79 Å². The number of nitrogens with one attached hydrogen (secondary N) is 1. The monoisotopic (exact) mass is 315 g/mol. The van der Waals surface area contributed by atoms with Gasteiger partial charge in [-0.2, -0.15) is 0 Å². The number of carbonyl (C=O) groups excluding carboxylic acids is 1. The molecule has 0 spiro atoms. The molecule has 2 aromatic rings. The molecular weight excluding hydrogens is 294 g/mol. The minimum absolute atomic E-state index is 0.0501. The van der Waals surface area contributed by atoms with Crippen molar-refractivity contribution < 1.29 is 9.53 Å². The largest absolute Gasteiger partial charge is 0.497 e. The van der Waals surface area contributed by atoms with E-state index in [4.69, 9.17) is 4.74 Å². The number of nitrogens with zero attached hydrogens (tertiary/aromatic N) is 4. The van der Waals surface area contributed by atoms with Gasteiger partial charge in [0, 0.05) is 19.6 Å². The molecule has 1 aliphatic rings. The Balaban J connectivity index is 1.79. The second kappa shape index (κ2) is 6.78. The maximum Gasteiger partial charge on any atom is 0.210 e. The summed E-state index contributed by atoms with van der Waals surface area (Å²) in [5.74, 6) is 0.833. The molecule has 3 rings (SSSR count). The number of methoxy groups -OCH3 is 1. The summed E-state index contributed by atoms with van der Waals surface area (Å²) in [6, 6.07) is 7.84. The van der Waals surface area contributed by atoms with Crippen molar-refractivity contribution in [2.45, 2.75) is 19.5 Å². The fourth-order valence-electron chi connectivity index (χ4n) is 2.84. The van der Waals surface area contributed by atoms with Gasteiger partial charge in [-0.1, -0.05) is 17.3 Å². The third-order valence-electron chi connectivity index (χ3n) is 4.25. The van der Waals surface area contributed by atoms with Crippen LogP contribution in [-0.4, -0.2) is 53.0 Å². The van der Waals surface area contributed by atoms with Crippen molar-refractivity contribution in [2.24, 2.45) is 0 Å². The normalized spacial score (nSPS) is 18.0. The van der Waals surface area contributed by atoms with Crippen LogP contribution >= 0.6 is 0 Å². The van der Waals surface area contributed by atoms with Gasteiger partial charge in [-0.25, -0.2) is 4.68 Å². The van der Waals surface area contributed by atoms with Crippen LogP contribution < -0.4 is 10.1 Å². The fraction of sp³-hybridized carbons (Fsp3) is 0.438. The summed E-state index contributed by atoms with van der Waals surface area (Å²) in [5, 5.41) is 11.9. The molecule has 1 aromatic carbocycles. The van der Waals surface area contributed by atoms with Gasteiger partial charge in [-0.05, 0) is 24.6 Å². The molecular formula is C16H21N5O2. The molecule has 122 valence electrons. The highest BCUT2D eigenvalue weighted by Gasteiger charge is 2.27. The summed E-state index contributed by atoms with van der Waals surface area (Å²) >= 11 is 0. The second-order valence-corrected chi connectivity index (χ2v) is 5.63. The van der Waals surface area contributed by atoms with Crippen LogP contribution in [0.5, 0.6) is 5.75 Å². The summed E-state index contributed by atoms with van der Waals surface area (Å²) in [6.45, 7) is 4.86. The molecule has 1 fully saturated rings. The summed E-state index contributed by atoms with van der Waals surface area (Å²) in [6.07, 6.45) is 0.896. The van der Waals surface area contributed by atoms with Crippen molar-refractivity contribution in [1.29, 1.82) is 0 Å². The van der Waals surface area contributed by atoms with Gasteiger partial charge in [0.2, 0.25) is 6.41 Å². The quantitative estimate of drug-likeness (QED) is 0.824. The Morgan fingerprint density at radius 3 is 2.87 bits per heavy atom. The summed E-state index contributed by atoms with van der Waals surface area (Å²) in [4.78, 5) is 13.0. The minimum atomic E-state index is -0.0501. The van der Waals surface area contributed by atoms with E-state index in [0.29, 0.717) is 19.6 Å². The van der Waals surface area contributed by atoms with Crippen molar-refractivity contribution in [3.8, 4) is 5.75 Å². The van der Waals surface area contributed by atoms with Crippen molar-refractivity contribution >= 4 is 6.41 Å². The first-order valence-corrected chi connectivity index (χ1v) is 7.67. The predicted octanol–water partition coefficient (Wildman–Crippen LogP) is 0.746. The first kappa shape index (κ1) is 15.5. The van der Waals surface area contributed by atoms with E-state index in [-0.39, 0.29) is 6.04 Å². The molecule has 1 amide bonds. The zero-order valence-electron chi connectivity index (χ0n) is 13.4. The molecule has 1 saturated heterocycles. The zero-order valence-corrected chi connectivity index (χ0v) is 13.4. The molecule has 1 aliphatic heterocycles. The molecule has 1 unspecified atom stereocenters. The molecule has 0 radical (unpaired) electrons. The van der Waals surface area contributed by atoms with Crippen LogP contribution in [0, 0.1) is 6.92 Å². The molecule has 0 bridgehead atoms. The summed E-state index contributed by atoms with van der Waals surface area (Å²) < 4.78 is 7.04. The molecule has 7 heteroatoms. The van der Waals surface area contributed by atoms with Gasteiger partial charge in [0.25, 0.3) is 0 Å². The molecule has 1 aromatic heterocycles. The molecule has 0 saturated carbocycles. The Morgan fingerprint density at radius 1 is 1.39 bits per heavy atom. The first-order chi connectivity index (χ1) is 11.2.